The molecule has 0 spiro atoms. The third-order valence-corrected chi connectivity index (χ3v) is 3.82. The molecule has 1 aromatic heterocycles. The van der Waals surface area contributed by atoms with Crippen LogP contribution < -0.4 is 10.1 Å². The van der Waals surface area contributed by atoms with E-state index in [0.29, 0.717) is 24.3 Å². The summed E-state index contributed by atoms with van der Waals surface area (Å²) in [7, 11) is 0. The molecular weight excluding hydrogens is 315 g/mol. The molecule has 8 heteroatoms. The second kappa shape index (κ2) is 6.95. The van der Waals surface area contributed by atoms with E-state index in [4.69, 9.17) is 4.74 Å². The van der Waals surface area contributed by atoms with Gasteiger partial charge in [-0.05, 0) is 31.0 Å². The molecule has 0 amide bonds. The van der Waals surface area contributed by atoms with Gasteiger partial charge in [0.05, 0.1) is 6.54 Å². The maximum Gasteiger partial charge on any atom is 0.445 e. The van der Waals surface area contributed by atoms with Crippen LogP contribution >= 0.6 is 11.3 Å². The van der Waals surface area contributed by atoms with Crippen molar-refractivity contribution < 1.29 is 17.9 Å². The van der Waals surface area contributed by atoms with Crippen LogP contribution in [0.3, 0.4) is 0 Å². The Balaban J connectivity index is 1.92. The van der Waals surface area contributed by atoms with Crippen molar-refractivity contribution in [3.8, 4) is 5.75 Å². The smallest absolute Gasteiger partial charge is 0.445 e. The van der Waals surface area contributed by atoms with Crippen LogP contribution in [0.2, 0.25) is 0 Å². The first-order chi connectivity index (χ1) is 10.4. The highest BCUT2D eigenvalue weighted by molar-refractivity contribution is 7.15. The molecule has 0 saturated carbocycles. The average molecular weight is 331 g/mol. The summed E-state index contributed by atoms with van der Waals surface area (Å²) in [5.41, 5.74) is 1.08. The first-order valence-corrected chi connectivity index (χ1v) is 7.58. The van der Waals surface area contributed by atoms with Crippen LogP contribution in [0.1, 0.15) is 23.9 Å². The fourth-order valence-electron chi connectivity index (χ4n) is 1.76. The molecule has 0 bridgehead atoms. The Hall–Kier alpha value is -1.83. The largest absolute Gasteiger partial charge is 0.489 e. The van der Waals surface area contributed by atoms with Crippen LogP contribution in [0.25, 0.3) is 0 Å². The van der Waals surface area contributed by atoms with Crippen molar-refractivity contribution in [3.63, 3.8) is 0 Å². The lowest BCUT2D eigenvalue weighted by molar-refractivity contribution is -0.138. The number of ether oxygens (including phenoxy) is 1. The van der Waals surface area contributed by atoms with Gasteiger partial charge in [-0.3, -0.25) is 0 Å². The van der Waals surface area contributed by atoms with Crippen molar-refractivity contribution in [2.24, 2.45) is 0 Å². The van der Waals surface area contributed by atoms with Gasteiger partial charge >= 0.3 is 6.18 Å². The van der Waals surface area contributed by atoms with Crippen molar-refractivity contribution in [3.05, 3.63) is 34.8 Å². The van der Waals surface area contributed by atoms with Gasteiger partial charge in [0.1, 0.15) is 11.9 Å². The fraction of sp³-hybridized carbons (Fsp3) is 0.429. The zero-order valence-corrected chi connectivity index (χ0v) is 13.0. The summed E-state index contributed by atoms with van der Waals surface area (Å²) in [6.07, 6.45) is -3.91. The van der Waals surface area contributed by atoms with Gasteiger partial charge in [0.15, 0.2) is 0 Å². The molecule has 1 atom stereocenters. The average Bonchev–Trinajstić information content (AvgIpc) is 2.92. The van der Waals surface area contributed by atoms with E-state index in [1.807, 2.05) is 38.1 Å². The fourth-order valence-corrected chi connectivity index (χ4v) is 2.38. The van der Waals surface area contributed by atoms with Crippen LogP contribution in [0.4, 0.5) is 18.3 Å². The Kier molecular flexibility index (Phi) is 5.23. The normalized spacial score (nSPS) is 13.0. The van der Waals surface area contributed by atoms with Gasteiger partial charge in [-0.15, -0.1) is 10.2 Å². The van der Waals surface area contributed by atoms with E-state index >= 15 is 0 Å². The number of alkyl halides is 3. The van der Waals surface area contributed by atoms with E-state index in [-0.39, 0.29) is 11.2 Å². The Morgan fingerprint density at radius 1 is 1.32 bits per heavy atom. The summed E-state index contributed by atoms with van der Waals surface area (Å²) in [6, 6.07) is 7.62. The second-order valence-corrected chi connectivity index (χ2v) is 5.73. The second-order valence-electron chi connectivity index (χ2n) is 4.76. The number of rotatable bonds is 6. The van der Waals surface area contributed by atoms with Gasteiger partial charge < -0.3 is 10.1 Å². The number of aromatic nitrogens is 2. The van der Waals surface area contributed by atoms with E-state index in [2.05, 4.69) is 15.5 Å². The van der Waals surface area contributed by atoms with Crippen LogP contribution in [-0.4, -0.2) is 22.8 Å². The Morgan fingerprint density at radius 2 is 2.09 bits per heavy atom. The topological polar surface area (TPSA) is 47.0 Å². The molecule has 120 valence electrons. The molecule has 1 unspecified atom stereocenters. The molecule has 0 aliphatic rings. The quantitative estimate of drug-likeness (QED) is 0.864. The number of aryl methyl sites for hydroxylation is 1. The number of nitrogens with one attached hydrogen (secondary N) is 1. The van der Waals surface area contributed by atoms with Gasteiger partial charge in [0, 0.05) is 0 Å². The Morgan fingerprint density at radius 3 is 2.68 bits per heavy atom. The van der Waals surface area contributed by atoms with E-state index in [1.165, 1.54) is 0 Å². The maximum absolute atomic E-state index is 12.4. The monoisotopic (exact) mass is 331 g/mol. The summed E-state index contributed by atoms with van der Waals surface area (Å²) in [5.74, 6) is 0.738. The van der Waals surface area contributed by atoms with Crippen molar-refractivity contribution >= 4 is 16.5 Å². The van der Waals surface area contributed by atoms with Crippen molar-refractivity contribution in [2.45, 2.75) is 32.5 Å². The van der Waals surface area contributed by atoms with Crippen molar-refractivity contribution in [2.75, 3.05) is 11.9 Å². The van der Waals surface area contributed by atoms with Gasteiger partial charge in [-0.1, -0.05) is 30.4 Å². The van der Waals surface area contributed by atoms with E-state index in [0.717, 1.165) is 11.3 Å². The van der Waals surface area contributed by atoms with Crippen LogP contribution in [0.15, 0.2) is 24.3 Å². The number of nitrogens with zero attached hydrogens (tertiary/aromatic N) is 2. The predicted octanol–water partition coefficient (Wildman–Crippen LogP) is 4.13. The number of benzene rings is 1. The summed E-state index contributed by atoms with van der Waals surface area (Å²) in [4.78, 5) is 0. The van der Waals surface area contributed by atoms with Gasteiger partial charge in [0.2, 0.25) is 10.1 Å². The first kappa shape index (κ1) is 16.5. The minimum atomic E-state index is -4.46. The zero-order chi connectivity index (χ0) is 16.2. The molecule has 1 aromatic carbocycles. The summed E-state index contributed by atoms with van der Waals surface area (Å²) < 4.78 is 43.2. The summed E-state index contributed by atoms with van der Waals surface area (Å²) >= 11 is 0.487. The molecule has 2 rings (SSSR count). The number of hydrogen-bond donors (Lipinski definition) is 1. The molecule has 0 aliphatic heterocycles. The molecule has 0 saturated heterocycles. The molecule has 4 nitrogen and oxygen atoms in total. The van der Waals surface area contributed by atoms with Gasteiger partial charge in [0.25, 0.3) is 0 Å². The minimum Gasteiger partial charge on any atom is -0.489 e. The number of hydrogen-bond acceptors (Lipinski definition) is 5. The van der Waals surface area contributed by atoms with Crippen LogP contribution in [-0.2, 0) is 6.18 Å². The molecule has 1 heterocycles. The Bertz CT molecular complexity index is 615. The number of anilines is 1. The highest BCUT2D eigenvalue weighted by atomic mass is 32.1. The van der Waals surface area contributed by atoms with E-state index in [1.54, 1.807) is 0 Å². The molecule has 0 aliphatic carbocycles. The van der Waals surface area contributed by atoms with Crippen molar-refractivity contribution in [1.29, 1.82) is 0 Å². The zero-order valence-electron chi connectivity index (χ0n) is 12.1. The highest BCUT2D eigenvalue weighted by Crippen LogP contribution is 2.33. The standard InChI is InChI=1S/C14H16F3N3OS/c1-3-10(21-11-6-4-5-9(2)7-11)8-18-13-20-19-12(22-13)14(15,16)17/h4-7,10H,3,8H2,1-2H3,(H,18,20). The molecule has 22 heavy (non-hydrogen) atoms. The molecule has 1 N–H and O–H groups in total. The van der Waals surface area contributed by atoms with E-state index < -0.39 is 11.2 Å². The predicted molar refractivity (Wildman–Crippen MR) is 79.3 cm³/mol. The summed E-state index contributed by atoms with van der Waals surface area (Å²) in [5, 5.41) is 8.64. The summed E-state index contributed by atoms with van der Waals surface area (Å²) in [6.45, 7) is 4.27. The Labute approximate surface area is 130 Å². The SMILES string of the molecule is CCC(CNc1nnc(C(F)(F)F)s1)Oc1cccc(C)c1. The van der Waals surface area contributed by atoms with Gasteiger partial charge in [-0.25, -0.2) is 0 Å². The lowest BCUT2D eigenvalue weighted by Crippen LogP contribution is -2.25. The van der Waals surface area contributed by atoms with Gasteiger partial charge in [-0.2, -0.15) is 13.2 Å². The van der Waals surface area contributed by atoms with Crippen LogP contribution in [0.5, 0.6) is 5.75 Å². The third kappa shape index (κ3) is 4.59. The van der Waals surface area contributed by atoms with Crippen molar-refractivity contribution in [1.82, 2.24) is 10.2 Å². The minimum absolute atomic E-state index is 0.138. The molecule has 2 aromatic rings. The first-order valence-electron chi connectivity index (χ1n) is 6.76. The van der Waals surface area contributed by atoms with E-state index in [9.17, 15) is 13.2 Å². The lowest BCUT2D eigenvalue weighted by atomic mass is 10.2. The lowest BCUT2D eigenvalue weighted by Gasteiger charge is -2.18. The number of halogens is 3. The molecule has 0 fully saturated rings. The van der Waals surface area contributed by atoms with Crippen LogP contribution in [0, 0.1) is 6.92 Å². The maximum atomic E-state index is 12.4. The molecular formula is C14H16F3N3OS. The molecule has 0 radical (unpaired) electrons. The third-order valence-electron chi connectivity index (χ3n) is 2.90. The highest BCUT2D eigenvalue weighted by Gasteiger charge is 2.35.